The Morgan fingerprint density at radius 3 is 1.53 bits per heavy atom. The van der Waals surface area contributed by atoms with E-state index in [1.807, 2.05) is 18.2 Å². The molecular formula is C51H86O12S. The molecule has 1 aliphatic rings. The molecule has 0 aliphatic carbocycles. The maximum atomic E-state index is 12.8. The Morgan fingerprint density at radius 1 is 0.547 bits per heavy atom. The third kappa shape index (κ3) is 34.4. The van der Waals surface area contributed by atoms with Gasteiger partial charge in [-0.05, 0) is 70.6 Å². The average Bonchev–Trinajstić information content (AvgIpc) is 3.26. The Labute approximate surface area is 387 Å². The molecule has 1 aliphatic heterocycles. The molecule has 13 heteroatoms. The molecule has 0 amide bonds. The minimum Gasteiger partial charge on any atom is -0.462 e. The molecule has 1 fully saturated rings. The molecule has 1 heterocycles. The molecule has 0 bridgehead atoms. The molecular weight excluding hydrogens is 837 g/mol. The molecule has 0 aromatic heterocycles. The summed E-state index contributed by atoms with van der Waals surface area (Å²) >= 11 is 0. The second-order valence-corrected chi connectivity index (χ2v) is 18.2. The number of aliphatic hydroxyl groups excluding tert-OH is 3. The van der Waals surface area contributed by atoms with Crippen LogP contribution < -0.4 is 0 Å². The van der Waals surface area contributed by atoms with Gasteiger partial charge in [-0.25, -0.2) is 0 Å². The maximum absolute atomic E-state index is 12.8. The maximum Gasteiger partial charge on any atom is 0.306 e. The van der Waals surface area contributed by atoms with Gasteiger partial charge in [-0.3, -0.25) is 14.1 Å². The zero-order valence-electron chi connectivity index (χ0n) is 39.4. The SMILES string of the molecule is CC/C=C\C/C=C\C/C=C\C/C=C\CCC(=O)OC(COC(=O)CCCCCCCCCCCCC/C=C\C/C=C\CCCCCCC)COC1OC(CS(=O)(=O)O)C(O)C(O)C1O. The molecule has 368 valence electrons. The third-order valence-corrected chi connectivity index (χ3v) is 11.5. The van der Waals surface area contributed by atoms with E-state index in [0.717, 1.165) is 51.4 Å². The van der Waals surface area contributed by atoms with Crippen molar-refractivity contribution in [1.82, 2.24) is 0 Å². The van der Waals surface area contributed by atoms with Gasteiger partial charge in [0.15, 0.2) is 12.4 Å². The number of rotatable bonds is 40. The lowest BCUT2D eigenvalue weighted by Crippen LogP contribution is -2.60. The number of ether oxygens (including phenoxy) is 4. The number of hydrogen-bond acceptors (Lipinski definition) is 11. The second kappa shape index (κ2) is 40.4. The molecule has 0 aromatic carbocycles. The van der Waals surface area contributed by atoms with Crippen LogP contribution in [-0.2, 0) is 38.7 Å². The molecule has 12 nitrogen and oxygen atoms in total. The van der Waals surface area contributed by atoms with Gasteiger partial charge in [0.25, 0.3) is 10.1 Å². The van der Waals surface area contributed by atoms with Gasteiger partial charge in [0, 0.05) is 12.8 Å². The lowest BCUT2D eigenvalue weighted by atomic mass is 10.00. The van der Waals surface area contributed by atoms with Crippen LogP contribution in [0.1, 0.15) is 181 Å². The zero-order chi connectivity index (χ0) is 46.9. The lowest BCUT2D eigenvalue weighted by Gasteiger charge is -2.40. The van der Waals surface area contributed by atoms with Crippen molar-refractivity contribution in [2.45, 2.75) is 218 Å². The van der Waals surface area contributed by atoms with Gasteiger partial charge in [-0.15, -0.1) is 0 Å². The van der Waals surface area contributed by atoms with Crippen LogP contribution in [0.15, 0.2) is 72.9 Å². The average molecular weight is 923 g/mol. The van der Waals surface area contributed by atoms with Crippen LogP contribution in [0.4, 0.5) is 0 Å². The van der Waals surface area contributed by atoms with E-state index < -0.39 is 71.2 Å². The molecule has 6 unspecified atom stereocenters. The minimum atomic E-state index is -4.62. The summed E-state index contributed by atoms with van der Waals surface area (Å²) in [5, 5.41) is 30.9. The summed E-state index contributed by atoms with van der Waals surface area (Å²) in [5.41, 5.74) is 0. The number of aliphatic hydroxyl groups is 3. The van der Waals surface area contributed by atoms with Crippen molar-refractivity contribution in [1.29, 1.82) is 0 Å². The summed E-state index contributed by atoms with van der Waals surface area (Å²) in [6.45, 7) is 3.57. The first-order valence-electron chi connectivity index (χ1n) is 24.5. The molecule has 64 heavy (non-hydrogen) atoms. The van der Waals surface area contributed by atoms with Crippen molar-refractivity contribution in [3.05, 3.63) is 72.9 Å². The quantitative estimate of drug-likeness (QED) is 0.0198. The van der Waals surface area contributed by atoms with Gasteiger partial charge < -0.3 is 34.3 Å². The van der Waals surface area contributed by atoms with Crippen LogP contribution in [0.3, 0.4) is 0 Å². The highest BCUT2D eigenvalue weighted by molar-refractivity contribution is 7.85. The number of esters is 2. The number of unbranched alkanes of at least 4 members (excludes halogenated alkanes) is 16. The van der Waals surface area contributed by atoms with E-state index >= 15 is 0 Å². The van der Waals surface area contributed by atoms with Crippen LogP contribution >= 0.6 is 0 Å². The standard InChI is InChI=1S/C51H86O12S/c1-3-5-7-9-11-13-15-17-18-19-20-21-22-23-24-25-26-28-29-31-33-35-37-39-46(52)60-41-44(42-61-51-50(56)49(55)48(54)45(63-51)43-64(57,58)59)62-47(53)40-38-36-34-32-30-27-16-14-12-10-8-6-4-2/h6,8,12,14-15,17,19-20,27,30,34,36,44-45,48-51,54-56H,3-5,7,9-11,13,16,18,21-26,28-29,31-33,35,37-43H2,1-2H3,(H,57,58,59)/b8-6-,14-12-,17-15-,20-19-,30-27-,36-34-. The van der Waals surface area contributed by atoms with Crippen molar-refractivity contribution in [3.8, 4) is 0 Å². The predicted molar refractivity (Wildman–Crippen MR) is 256 cm³/mol. The Kier molecular flexibility index (Phi) is 37.3. The number of allylic oxidation sites excluding steroid dienone is 12. The first kappa shape index (κ1) is 59.1. The molecule has 4 N–H and O–H groups in total. The van der Waals surface area contributed by atoms with E-state index in [2.05, 4.69) is 68.5 Å². The number of carbonyl (C=O) groups is 2. The minimum absolute atomic E-state index is 0.0399. The Hall–Kier alpha value is -2.91. The highest BCUT2D eigenvalue weighted by Gasteiger charge is 2.46. The predicted octanol–water partition coefficient (Wildman–Crippen LogP) is 10.7. The molecule has 6 atom stereocenters. The van der Waals surface area contributed by atoms with E-state index in [1.165, 1.54) is 83.5 Å². The summed E-state index contributed by atoms with van der Waals surface area (Å²) in [5.74, 6) is -2.10. The van der Waals surface area contributed by atoms with Gasteiger partial charge >= 0.3 is 11.9 Å². The highest BCUT2D eigenvalue weighted by Crippen LogP contribution is 2.24. The smallest absolute Gasteiger partial charge is 0.306 e. The fourth-order valence-corrected chi connectivity index (χ4v) is 7.71. The molecule has 0 spiro atoms. The Bertz CT molecular complexity index is 1450. The van der Waals surface area contributed by atoms with E-state index in [9.17, 15) is 37.9 Å². The van der Waals surface area contributed by atoms with Crippen LogP contribution in [0.25, 0.3) is 0 Å². The van der Waals surface area contributed by atoms with Crippen molar-refractivity contribution in [3.63, 3.8) is 0 Å². The van der Waals surface area contributed by atoms with E-state index in [0.29, 0.717) is 19.3 Å². The van der Waals surface area contributed by atoms with Gasteiger partial charge in [-0.1, -0.05) is 170 Å². The summed E-state index contributed by atoms with van der Waals surface area (Å²) < 4.78 is 54.0. The molecule has 1 saturated heterocycles. The monoisotopic (exact) mass is 923 g/mol. The first-order valence-corrected chi connectivity index (χ1v) is 26.1. The van der Waals surface area contributed by atoms with E-state index in [1.54, 1.807) is 0 Å². The molecule has 0 aromatic rings. The van der Waals surface area contributed by atoms with Crippen LogP contribution in [0, 0.1) is 0 Å². The summed E-state index contributed by atoms with van der Waals surface area (Å²) in [7, 11) is -4.62. The lowest BCUT2D eigenvalue weighted by molar-refractivity contribution is -0.297. The van der Waals surface area contributed by atoms with Gasteiger partial charge in [-0.2, -0.15) is 8.42 Å². The zero-order valence-corrected chi connectivity index (χ0v) is 40.2. The first-order chi connectivity index (χ1) is 31.0. The summed E-state index contributed by atoms with van der Waals surface area (Å²) in [6.07, 6.45) is 42.6. The van der Waals surface area contributed by atoms with Crippen LogP contribution in [-0.4, -0.2) is 96.0 Å². The number of hydrogen-bond donors (Lipinski definition) is 4. The third-order valence-electron chi connectivity index (χ3n) is 10.8. The van der Waals surface area contributed by atoms with Gasteiger partial charge in [0.2, 0.25) is 0 Å². The largest absolute Gasteiger partial charge is 0.462 e. The highest BCUT2D eigenvalue weighted by atomic mass is 32.2. The van der Waals surface area contributed by atoms with Crippen molar-refractivity contribution < 1.29 is 56.8 Å². The summed E-state index contributed by atoms with van der Waals surface area (Å²) in [6, 6.07) is 0. The Balaban J connectivity index is 2.38. The Morgan fingerprint density at radius 2 is 1.02 bits per heavy atom. The molecule has 0 radical (unpaired) electrons. The van der Waals surface area contributed by atoms with Gasteiger partial charge in [0.05, 0.1) is 6.61 Å². The van der Waals surface area contributed by atoms with Crippen LogP contribution in [0.5, 0.6) is 0 Å². The normalized spacial score (nSPS) is 20.2. The van der Waals surface area contributed by atoms with Crippen LogP contribution in [0.2, 0.25) is 0 Å². The number of carbonyl (C=O) groups excluding carboxylic acids is 2. The van der Waals surface area contributed by atoms with Crippen molar-refractivity contribution in [2.75, 3.05) is 19.0 Å². The van der Waals surface area contributed by atoms with Gasteiger partial charge in [0.1, 0.15) is 36.8 Å². The summed E-state index contributed by atoms with van der Waals surface area (Å²) in [4.78, 5) is 25.4. The van der Waals surface area contributed by atoms with E-state index in [4.69, 9.17) is 18.9 Å². The molecule has 0 saturated carbocycles. The fraction of sp³-hybridized carbons (Fsp3) is 0.725. The van der Waals surface area contributed by atoms with E-state index in [-0.39, 0.29) is 19.4 Å². The van der Waals surface area contributed by atoms with Crippen molar-refractivity contribution in [2.24, 2.45) is 0 Å². The second-order valence-electron chi connectivity index (χ2n) is 16.7. The molecule has 1 rings (SSSR count). The fourth-order valence-electron chi connectivity index (χ4n) is 7.01. The van der Waals surface area contributed by atoms with Crippen molar-refractivity contribution >= 4 is 22.1 Å². The topological polar surface area (TPSA) is 186 Å².